The van der Waals surface area contributed by atoms with Crippen LogP contribution in [0.15, 0.2) is 54.6 Å². The molecule has 0 amide bonds. The molecule has 2 aromatic carbocycles. The number of hydrogen-bond donors (Lipinski definition) is 0. The number of hydrogen-bond acceptors (Lipinski definition) is 3. The van der Waals surface area contributed by atoms with Crippen molar-refractivity contribution in [2.75, 3.05) is 13.2 Å². The van der Waals surface area contributed by atoms with Crippen LogP contribution in [0.1, 0.15) is 50.2 Å². The first-order chi connectivity index (χ1) is 12.8. The highest BCUT2D eigenvalue weighted by atomic mass is 16.7. The average molecular weight is 354 g/mol. The van der Waals surface area contributed by atoms with Gasteiger partial charge in [-0.25, -0.2) is 0 Å². The Labute approximate surface area is 157 Å². The van der Waals surface area contributed by atoms with Gasteiger partial charge in [0.2, 0.25) is 6.29 Å². The smallest absolute Gasteiger partial charge is 0.203 e. The second-order valence-corrected chi connectivity index (χ2v) is 7.11. The van der Waals surface area contributed by atoms with Gasteiger partial charge in [0.25, 0.3) is 0 Å². The SMILES string of the molecule is CCC(C)c1ccc(OC(OCc2ccccc2)C2CCOCC2)cc1. The van der Waals surface area contributed by atoms with Crippen LogP contribution in [0.25, 0.3) is 0 Å². The lowest BCUT2D eigenvalue weighted by molar-refractivity contribution is -0.142. The Hall–Kier alpha value is -1.84. The van der Waals surface area contributed by atoms with Crippen molar-refractivity contribution in [1.82, 2.24) is 0 Å². The third-order valence-electron chi connectivity index (χ3n) is 5.22. The average Bonchev–Trinajstić information content (AvgIpc) is 2.72. The summed E-state index contributed by atoms with van der Waals surface area (Å²) in [5.74, 6) is 1.81. The molecule has 1 aliphatic heterocycles. The Bertz CT molecular complexity index is 632. The fourth-order valence-corrected chi connectivity index (χ4v) is 3.25. The van der Waals surface area contributed by atoms with Gasteiger partial charge in [-0.1, -0.05) is 56.3 Å². The van der Waals surface area contributed by atoms with E-state index in [0.29, 0.717) is 18.4 Å². The monoisotopic (exact) mass is 354 g/mol. The molecular formula is C23H30O3. The zero-order valence-corrected chi connectivity index (χ0v) is 15.9. The van der Waals surface area contributed by atoms with Crippen LogP contribution in [0.3, 0.4) is 0 Å². The van der Waals surface area contributed by atoms with Gasteiger partial charge in [-0.05, 0) is 48.4 Å². The van der Waals surface area contributed by atoms with Crippen LogP contribution in [0.4, 0.5) is 0 Å². The molecule has 3 heteroatoms. The van der Waals surface area contributed by atoms with E-state index in [4.69, 9.17) is 14.2 Å². The largest absolute Gasteiger partial charge is 0.465 e. The summed E-state index contributed by atoms with van der Waals surface area (Å²) in [4.78, 5) is 0. The molecule has 0 aliphatic carbocycles. The third kappa shape index (κ3) is 5.33. The first kappa shape index (κ1) is 18.9. The van der Waals surface area contributed by atoms with Crippen molar-refractivity contribution >= 4 is 0 Å². The molecule has 1 fully saturated rings. The van der Waals surface area contributed by atoms with Gasteiger partial charge in [0, 0.05) is 19.1 Å². The predicted octanol–water partition coefficient (Wildman–Crippen LogP) is 5.55. The molecule has 26 heavy (non-hydrogen) atoms. The topological polar surface area (TPSA) is 27.7 Å². The second kappa shape index (κ2) is 9.75. The van der Waals surface area contributed by atoms with Crippen molar-refractivity contribution in [3.8, 4) is 5.75 Å². The van der Waals surface area contributed by atoms with E-state index in [0.717, 1.165) is 38.2 Å². The number of benzene rings is 2. The standard InChI is InChI=1S/C23H30O3/c1-3-18(2)20-9-11-22(12-10-20)26-23(21-13-15-24-16-14-21)25-17-19-7-5-4-6-8-19/h4-12,18,21,23H,3,13-17H2,1-2H3. The van der Waals surface area contributed by atoms with Crippen LogP contribution < -0.4 is 4.74 Å². The molecule has 0 spiro atoms. The quantitative estimate of drug-likeness (QED) is 0.582. The van der Waals surface area contributed by atoms with Crippen molar-refractivity contribution < 1.29 is 14.2 Å². The molecule has 0 N–H and O–H groups in total. The minimum atomic E-state index is -0.242. The molecule has 0 radical (unpaired) electrons. The third-order valence-corrected chi connectivity index (χ3v) is 5.22. The maximum absolute atomic E-state index is 6.27. The Morgan fingerprint density at radius 2 is 1.69 bits per heavy atom. The van der Waals surface area contributed by atoms with Crippen LogP contribution >= 0.6 is 0 Å². The molecule has 0 aromatic heterocycles. The van der Waals surface area contributed by atoms with Gasteiger partial charge in [0.15, 0.2) is 0 Å². The number of rotatable bonds is 8. The summed E-state index contributed by atoms with van der Waals surface area (Å²) >= 11 is 0. The molecule has 2 aromatic rings. The van der Waals surface area contributed by atoms with E-state index < -0.39 is 0 Å². The molecule has 2 atom stereocenters. The lowest BCUT2D eigenvalue weighted by atomic mass is 9.98. The molecule has 0 saturated carbocycles. The zero-order chi connectivity index (χ0) is 18.2. The first-order valence-electron chi connectivity index (χ1n) is 9.76. The van der Waals surface area contributed by atoms with E-state index in [1.807, 2.05) is 18.2 Å². The molecular weight excluding hydrogens is 324 g/mol. The summed E-state index contributed by atoms with van der Waals surface area (Å²) in [5, 5.41) is 0. The van der Waals surface area contributed by atoms with Gasteiger partial charge < -0.3 is 14.2 Å². The minimum absolute atomic E-state index is 0.242. The van der Waals surface area contributed by atoms with Crippen molar-refractivity contribution in [2.24, 2.45) is 5.92 Å². The van der Waals surface area contributed by atoms with Gasteiger partial charge >= 0.3 is 0 Å². The molecule has 2 unspecified atom stereocenters. The Kier molecular flexibility index (Phi) is 7.10. The second-order valence-electron chi connectivity index (χ2n) is 7.11. The normalized spacial score (nSPS) is 17.6. The summed E-state index contributed by atoms with van der Waals surface area (Å²) in [6, 6.07) is 18.7. The molecule has 1 aliphatic rings. The molecule has 3 rings (SSSR count). The highest BCUT2D eigenvalue weighted by Gasteiger charge is 2.26. The van der Waals surface area contributed by atoms with E-state index in [1.54, 1.807) is 0 Å². The van der Waals surface area contributed by atoms with Gasteiger partial charge in [-0.3, -0.25) is 0 Å². The van der Waals surface area contributed by atoms with Crippen LogP contribution in [0.5, 0.6) is 5.75 Å². The summed E-state index contributed by atoms with van der Waals surface area (Å²) in [5.41, 5.74) is 2.52. The summed E-state index contributed by atoms with van der Waals surface area (Å²) in [6.45, 7) is 6.60. The fourth-order valence-electron chi connectivity index (χ4n) is 3.25. The Balaban J connectivity index is 1.66. The van der Waals surface area contributed by atoms with Gasteiger partial charge in [-0.15, -0.1) is 0 Å². The summed E-state index contributed by atoms with van der Waals surface area (Å²) in [6.07, 6.45) is 2.86. The van der Waals surface area contributed by atoms with Gasteiger partial charge in [-0.2, -0.15) is 0 Å². The Morgan fingerprint density at radius 1 is 1.00 bits per heavy atom. The van der Waals surface area contributed by atoms with Crippen LogP contribution in [0, 0.1) is 5.92 Å². The van der Waals surface area contributed by atoms with Crippen molar-refractivity contribution in [2.45, 2.75) is 51.9 Å². The number of ether oxygens (including phenoxy) is 3. The lowest BCUT2D eigenvalue weighted by Crippen LogP contribution is -2.34. The van der Waals surface area contributed by atoms with Gasteiger partial charge in [0.05, 0.1) is 6.61 Å². The van der Waals surface area contributed by atoms with Gasteiger partial charge in [0.1, 0.15) is 5.75 Å². The van der Waals surface area contributed by atoms with E-state index in [9.17, 15) is 0 Å². The molecule has 1 heterocycles. The lowest BCUT2D eigenvalue weighted by Gasteiger charge is -2.30. The molecule has 0 bridgehead atoms. The maximum Gasteiger partial charge on any atom is 0.203 e. The van der Waals surface area contributed by atoms with Crippen LogP contribution in [-0.4, -0.2) is 19.5 Å². The fraction of sp³-hybridized carbons (Fsp3) is 0.478. The first-order valence-corrected chi connectivity index (χ1v) is 9.76. The van der Waals surface area contributed by atoms with Crippen molar-refractivity contribution in [3.05, 3.63) is 65.7 Å². The zero-order valence-electron chi connectivity index (χ0n) is 15.9. The Morgan fingerprint density at radius 3 is 2.35 bits per heavy atom. The van der Waals surface area contributed by atoms with E-state index >= 15 is 0 Å². The van der Waals surface area contributed by atoms with E-state index in [-0.39, 0.29) is 6.29 Å². The minimum Gasteiger partial charge on any atom is -0.465 e. The highest BCUT2D eigenvalue weighted by Crippen LogP contribution is 2.27. The predicted molar refractivity (Wildman–Crippen MR) is 104 cm³/mol. The van der Waals surface area contributed by atoms with Crippen LogP contribution in [0.2, 0.25) is 0 Å². The molecule has 3 nitrogen and oxygen atoms in total. The van der Waals surface area contributed by atoms with E-state index in [1.165, 1.54) is 11.1 Å². The van der Waals surface area contributed by atoms with Crippen molar-refractivity contribution in [3.63, 3.8) is 0 Å². The summed E-state index contributed by atoms with van der Waals surface area (Å²) < 4.78 is 18.0. The molecule has 140 valence electrons. The highest BCUT2D eigenvalue weighted by molar-refractivity contribution is 5.29. The van der Waals surface area contributed by atoms with E-state index in [2.05, 4.69) is 50.2 Å². The maximum atomic E-state index is 6.27. The van der Waals surface area contributed by atoms with Crippen molar-refractivity contribution in [1.29, 1.82) is 0 Å². The van der Waals surface area contributed by atoms with Crippen LogP contribution in [-0.2, 0) is 16.1 Å². The summed E-state index contributed by atoms with van der Waals surface area (Å²) in [7, 11) is 0. The molecule has 1 saturated heterocycles.